The first-order valence-electron chi connectivity index (χ1n) is 6.94. The van der Waals surface area contributed by atoms with Crippen molar-refractivity contribution in [1.29, 1.82) is 0 Å². The molecule has 5 heteroatoms. The standard InChI is InChI=1S/C15H23F2NO2/c1-3-18-15(2,11-19)6-4-5-7-20-14-9-12(16)8-13(17)10-14/h8-10,18-19H,3-7,11H2,1-2H3. The van der Waals surface area contributed by atoms with Crippen LogP contribution in [0.2, 0.25) is 0 Å². The Morgan fingerprint density at radius 1 is 1.20 bits per heavy atom. The third kappa shape index (κ3) is 5.84. The van der Waals surface area contributed by atoms with E-state index >= 15 is 0 Å². The molecule has 0 amide bonds. The van der Waals surface area contributed by atoms with Crippen LogP contribution in [-0.2, 0) is 0 Å². The highest BCUT2D eigenvalue weighted by Gasteiger charge is 2.20. The van der Waals surface area contributed by atoms with E-state index in [2.05, 4.69) is 5.32 Å². The van der Waals surface area contributed by atoms with Crippen LogP contribution in [0.3, 0.4) is 0 Å². The van der Waals surface area contributed by atoms with Gasteiger partial charge in [-0.25, -0.2) is 8.78 Å². The number of rotatable bonds is 9. The fraction of sp³-hybridized carbons (Fsp3) is 0.600. The molecule has 1 aromatic carbocycles. The summed E-state index contributed by atoms with van der Waals surface area (Å²) in [6.45, 7) is 5.25. The quantitative estimate of drug-likeness (QED) is 0.686. The van der Waals surface area contributed by atoms with Gasteiger partial charge in [-0.2, -0.15) is 0 Å². The van der Waals surface area contributed by atoms with Gasteiger partial charge in [0.1, 0.15) is 17.4 Å². The first-order valence-corrected chi connectivity index (χ1v) is 6.94. The van der Waals surface area contributed by atoms with Gasteiger partial charge in [0.15, 0.2) is 0 Å². The highest BCUT2D eigenvalue weighted by atomic mass is 19.1. The highest BCUT2D eigenvalue weighted by Crippen LogP contribution is 2.17. The van der Waals surface area contributed by atoms with Gasteiger partial charge in [-0.15, -0.1) is 0 Å². The van der Waals surface area contributed by atoms with Gasteiger partial charge in [0.25, 0.3) is 0 Å². The van der Waals surface area contributed by atoms with Crippen LogP contribution in [0, 0.1) is 11.6 Å². The predicted molar refractivity (Wildman–Crippen MR) is 74.9 cm³/mol. The zero-order valence-electron chi connectivity index (χ0n) is 12.1. The van der Waals surface area contributed by atoms with Crippen LogP contribution in [0.15, 0.2) is 18.2 Å². The molecular formula is C15H23F2NO2. The SMILES string of the molecule is CCNC(C)(CO)CCCCOc1cc(F)cc(F)c1. The summed E-state index contributed by atoms with van der Waals surface area (Å²) in [7, 11) is 0. The van der Waals surface area contributed by atoms with Gasteiger partial charge in [-0.05, 0) is 32.7 Å². The number of hydrogen-bond donors (Lipinski definition) is 2. The topological polar surface area (TPSA) is 41.5 Å². The van der Waals surface area contributed by atoms with Gasteiger partial charge < -0.3 is 15.2 Å². The zero-order valence-corrected chi connectivity index (χ0v) is 12.1. The summed E-state index contributed by atoms with van der Waals surface area (Å²) in [6.07, 6.45) is 2.44. The largest absolute Gasteiger partial charge is 0.493 e. The van der Waals surface area contributed by atoms with E-state index < -0.39 is 11.6 Å². The lowest BCUT2D eigenvalue weighted by Gasteiger charge is -2.28. The van der Waals surface area contributed by atoms with Crippen LogP contribution < -0.4 is 10.1 Å². The summed E-state index contributed by atoms with van der Waals surface area (Å²) in [6, 6.07) is 3.15. The lowest BCUT2D eigenvalue weighted by atomic mass is 9.96. The molecule has 20 heavy (non-hydrogen) atoms. The maximum absolute atomic E-state index is 12.9. The van der Waals surface area contributed by atoms with Gasteiger partial charge in [-0.3, -0.25) is 0 Å². The molecule has 3 nitrogen and oxygen atoms in total. The van der Waals surface area contributed by atoms with E-state index in [1.54, 1.807) is 0 Å². The second-order valence-electron chi connectivity index (χ2n) is 5.16. The first-order chi connectivity index (χ1) is 9.49. The van der Waals surface area contributed by atoms with Gasteiger partial charge >= 0.3 is 0 Å². The summed E-state index contributed by atoms with van der Waals surface area (Å²) < 4.78 is 31.2. The predicted octanol–water partition coefficient (Wildman–Crippen LogP) is 2.87. The van der Waals surface area contributed by atoms with E-state index in [0.29, 0.717) is 6.61 Å². The van der Waals surface area contributed by atoms with Crippen molar-refractivity contribution in [1.82, 2.24) is 5.32 Å². The Morgan fingerprint density at radius 2 is 1.85 bits per heavy atom. The molecule has 0 spiro atoms. The second kappa shape index (κ2) is 8.17. The number of benzene rings is 1. The van der Waals surface area contributed by atoms with Crippen molar-refractivity contribution in [3.05, 3.63) is 29.8 Å². The van der Waals surface area contributed by atoms with Crippen molar-refractivity contribution in [3.8, 4) is 5.75 Å². The van der Waals surface area contributed by atoms with Gasteiger partial charge in [0, 0.05) is 23.7 Å². The molecule has 1 unspecified atom stereocenters. The molecule has 0 saturated heterocycles. The summed E-state index contributed by atoms with van der Waals surface area (Å²) in [5.41, 5.74) is -0.278. The minimum atomic E-state index is -0.639. The van der Waals surface area contributed by atoms with E-state index in [9.17, 15) is 13.9 Å². The molecule has 0 aliphatic heterocycles. The van der Waals surface area contributed by atoms with Crippen LogP contribution in [0.25, 0.3) is 0 Å². The number of aliphatic hydroxyl groups excluding tert-OH is 1. The molecule has 0 radical (unpaired) electrons. The number of hydrogen-bond acceptors (Lipinski definition) is 3. The fourth-order valence-electron chi connectivity index (χ4n) is 2.07. The molecule has 0 fully saturated rings. The average Bonchev–Trinajstić information content (AvgIpc) is 2.37. The van der Waals surface area contributed by atoms with E-state index in [4.69, 9.17) is 4.74 Å². The smallest absolute Gasteiger partial charge is 0.129 e. The Labute approximate surface area is 119 Å². The normalized spacial score (nSPS) is 14.1. The van der Waals surface area contributed by atoms with E-state index in [1.807, 2.05) is 13.8 Å². The van der Waals surface area contributed by atoms with Crippen molar-refractivity contribution < 1.29 is 18.6 Å². The van der Waals surface area contributed by atoms with Crippen molar-refractivity contribution >= 4 is 0 Å². The summed E-state index contributed by atoms with van der Waals surface area (Å²) in [5.74, 6) is -1.07. The minimum Gasteiger partial charge on any atom is -0.493 e. The lowest BCUT2D eigenvalue weighted by Crippen LogP contribution is -2.45. The van der Waals surface area contributed by atoms with Crippen LogP contribution in [0.5, 0.6) is 5.75 Å². The Hall–Kier alpha value is -1.20. The molecule has 114 valence electrons. The molecule has 1 atom stereocenters. The van der Waals surface area contributed by atoms with Crippen LogP contribution in [0.4, 0.5) is 8.78 Å². The average molecular weight is 287 g/mol. The summed E-state index contributed by atoms with van der Waals surface area (Å²) in [5, 5.41) is 12.6. The number of unbranched alkanes of at least 4 members (excludes halogenated alkanes) is 1. The van der Waals surface area contributed by atoms with Crippen molar-refractivity contribution in [2.75, 3.05) is 19.8 Å². The summed E-state index contributed by atoms with van der Waals surface area (Å²) in [4.78, 5) is 0. The molecule has 0 aromatic heterocycles. The Kier molecular flexibility index (Phi) is 6.88. The number of aliphatic hydroxyl groups is 1. The maximum atomic E-state index is 12.9. The number of ether oxygens (including phenoxy) is 1. The third-order valence-corrected chi connectivity index (χ3v) is 3.18. The van der Waals surface area contributed by atoms with Crippen molar-refractivity contribution in [2.45, 2.75) is 38.6 Å². The molecule has 0 aliphatic carbocycles. The fourth-order valence-corrected chi connectivity index (χ4v) is 2.07. The molecule has 1 rings (SSSR count). The van der Waals surface area contributed by atoms with Crippen LogP contribution in [-0.4, -0.2) is 30.4 Å². The van der Waals surface area contributed by atoms with E-state index in [-0.39, 0.29) is 17.9 Å². The van der Waals surface area contributed by atoms with Crippen LogP contribution >= 0.6 is 0 Å². The molecule has 0 bridgehead atoms. The van der Waals surface area contributed by atoms with E-state index in [1.165, 1.54) is 12.1 Å². The van der Waals surface area contributed by atoms with Gasteiger partial charge in [0.2, 0.25) is 0 Å². The van der Waals surface area contributed by atoms with Crippen molar-refractivity contribution in [3.63, 3.8) is 0 Å². The molecular weight excluding hydrogens is 264 g/mol. The number of likely N-dealkylation sites (N-methyl/N-ethyl adjacent to an activating group) is 1. The van der Waals surface area contributed by atoms with Gasteiger partial charge in [-0.1, -0.05) is 6.92 Å². The Balaban J connectivity index is 2.28. The summed E-state index contributed by atoms with van der Waals surface area (Å²) >= 11 is 0. The lowest BCUT2D eigenvalue weighted by molar-refractivity contribution is 0.162. The molecule has 0 saturated carbocycles. The Morgan fingerprint density at radius 3 is 2.40 bits per heavy atom. The number of halogens is 2. The monoisotopic (exact) mass is 287 g/mol. The van der Waals surface area contributed by atoms with Crippen LogP contribution in [0.1, 0.15) is 33.1 Å². The second-order valence-corrected chi connectivity index (χ2v) is 5.16. The highest BCUT2D eigenvalue weighted by molar-refractivity contribution is 5.23. The Bertz CT molecular complexity index is 395. The first kappa shape index (κ1) is 16.9. The maximum Gasteiger partial charge on any atom is 0.129 e. The zero-order chi connectivity index (χ0) is 15.0. The molecule has 2 N–H and O–H groups in total. The number of nitrogens with one attached hydrogen (secondary N) is 1. The minimum absolute atomic E-state index is 0.0802. The molecule has 0 heterocycles. The van der Waals surface area contributed by atoms with Gasteiger partial charge in [0.05, 0.1) is 13.2 Å². The van der Waals surface area contributed by atoms with Crippen molar-refractivity contribution in [2.24, 2.45) is 0 Å². The third-order valence-electron chi connectivity index (χ3n) is 3.18. The van der Waals surface area contributed by atoms with E-state index in [0.717, 1.165) is 31.9 Å². The molecule has 1 aromatic rings. The molecule has 0 aliphatic rings.